The van der Waals surface area contributed by atoms with E-state index >= 15 is 0 Å². The van der Waals surface area contributed by atoms with Gasteiger partial charge in [0.15, 0.2) is 0 Å². The topological polar surface area (TPSA) is 29.5 Å². The number of aliphatic hydroxyl groups is 1. The summed E-state index contributed by atoms with van der Waals surface area (Å²) in [6.07, 6.45) is 7.23. The largest absolute Gasteiger partial charge is 0.393 e. The number of hydrogen-bond donors (Lipinski definition) is 1. The molecule has 2 heteroatoms. The molecular formula is C12H26O2. The van der Waals surface area contributed by atoms with Crippen LogP contribution >= 0.6 is 0 Å². The Bertz CT molecular complexity index is 113. The molecule has 86 valence electrons. The molecule has 0 aromatic heterocycles. The highest BCUT2D eigenvalue weighted by atomic mass is 16.5. The Morgan fingerprint density at radius 3 is 2.36 bits per heavy atom. The van der Waals surface area contributed by atoms with E-state index in [1.807, 2.05) is 0 Å². The molecule has 0 aliphatic heterocycles. The summed E-state index contributed by atoms with van der Waals surface area (Å²) in [6.45, 7) is 6.83. The van der Waals surface area contributed by atoms with Crippen molar-refractivity contribution in [3.8, 4) is 0 Å². The standard InChI is InChI=1S/C12H26O2/c1-4-5-6-7-8-12(3)14-10-9-11(2)13/h11-13H,4-10H2,1-3H3. The van der Waals surface area contributed by atoms with E-state index in [0.29, 0.717) is 12.7 Å². The van der Waals surface area contributed by atoms with Crippen molar-refractivity contribution >= 4 is 0 Å². The molecule has 0 saturated heterocycles. The van der Waals surface area contributed by atoms with Crippen molar-refractivity contribution in [1.82, 2.24) is 0 Å². The Morgan fingerprint density at radius 2 is 1.79 bits per heavy atom. The fraction of sp³-hybridized carbons (Fsp3) is 1.00. The van der Waals surface area contributed by atoms with E-state index in [1.54, 1.807) is 6.92 Å². The molecule has 0 rings (SSSR count). The molecule has 0 aliphatic rings. The van der Waals surface area contributed by atoms with Crippen LogP contribution in [-0.4, -0.2) is 23.9 Å². The summed E-state index contributed by atoms with van der Waals surface area (Å²) in [5.41, 5.74) is 0. The highest BCUT2D eigenvalue weighted by molar-refractivity contribution is 4.53. The lowest BCUT2D eigenvalue weighted by Crippen LogP contribution is -2.12. The lowest BCUT2D eigenvalue weighted by atomic mass is 10.1. The first kappa shape index (κ1) is 13.9. The van der Waals surface area contributed by atoms with Gasteiger partial charge in [0.05, 0.1) is 12.2 Å². The van der Waals surface area contributed by atoms with Crippen molar-refractivity contribution in [3.05, 3.63) is 0 Å². The van der Waals surface area contributed by atoms with Gasteiger partial charge in [-0.25, -0.2) is 0 Å². The van der Waals surface area contributed by atoms with Gasteiger partial charge in [-0.15, -0.1) is 0 Å². The van der Waals surface area contributed by atoms with Crippen LogP contribution in [0.2, 0.25) is 0 Å². The van der Waals surface area contributed by atoms with Crippen LogP contribution in [0.5, 0.6) is 0 Å². The number of rotatable bonds is 9. The lowest BCUT2D eigenvalue weighted by Gasteiger charge is -2.13. The van der Waals surface area contributed by atoms with Gasteiger partial charge in [0, 0.05) is 6.61 Å². The van der Waals surface area contributed by atoms with Crippen LogP contribution in [0.3, 0.4) is 0 Å². The van der Waals surface area contributed by atoms with Gasteiger partial charge in [0.2, 0.25) is 0 Å². The van der Waals surface area contributed by atoms with Gasteiger partial charge < -0.3 is 9.84 Å². The molecule has 0 radical (unpaired) electrons. The fourth-order valence-corrected chi connectivity index (χ4v) is 1.38. The maximum Gasteiger partial charge on any atom is 0.0547 e. The molecule has 0 aromatic rings. The predicted molar refractivity (Wildman–Crippen MR) is 60.5 cm³/mol. The molecule has 0 heterocycles. The van der Waals surface area contributed by atoms with Crippen LogP contribution in [0, 0.1) is 0 Å². The van der Waals surface area contributed by atoms with E-state index in [9.17, 15) is 0 Å². The van der Waals surface area contributed by atoms with E-state index in [2.05, 4.69) is 13.8 Å². The second kappa shape index (κ2) is 9.47. The third kappa shape index (κ3) is 10.0. The second-order valence-corrected chi connectivity index (χ2v) is 4.17. The average Bonchev–Trinajstić information content (AvgIpc) is 2.12. The fourth-order valence-electron chi connectivity index (χ4n) is 1.38. The summed E-state index contributed by atoms with van der Waals surface area (Å²) in [6, 6.07) is 0. The SMILES string of the molecule is CCCCCCC(C)OCCC(C)O. The van der Waals surface area contributed by atoms with Crippen LogP contribution in [0.15, 0.2) is 0 Å². The molecule has 2 unspecified atom stereocenters. The highest BCUT2D eigenvalue weighted by Gasteiger charge is 2.02. The van der Waals surface area contributed by atoms with Crippen LogP contribution in [0.25, 0.3) is 0 Å². The molecule has 14 heavy (non-hydrogen) atoms. The van der Waals surface area contributed by atoms with Gasteiger partial charge in [-0.3, -0.25) is 0 Å². The quantitative estimate of drug-likeness (QED) is 0.582. The van der Waals surface area contributed by atoms with Crippen molar-refractivity contribution in [3.63, 3.8) is 0 Å². The Kier molecular flexibility index (Phi) is 9.42. The predicted octanol–water partition coefficient (Wildman–Crippen LogP) is 3.13. The number of unbranched alkanes of at least 4 members (excludes halogenated alkanes) is 3. The van der Waals surface area contributed by atoms with Crippen molar-refractivity contribution in [2.75, 3.05) is 6.61 Å². The van der Waals surface area contributed by atoms with E-state index < -0.39 is 0 Å². The van der Waals surface area contributed by atoms with Crippen LogP contribution in [-0.2, 0) is 4.74 Å². The van der Waals surface area contributed by atoms with Crippen molar-refractivity contribution in [2.24, 2.45) is 0 Å². The molecule has 0 fully saturated rings. The summed E-state index contributed by atoms with van der Waals surface area (Å²) in [5, 5.41) is 9.03. The Hall–Kier alpha value is -0.0800. The van der Waals surface area contributed by atoms with E-state index in [0.717, 1.165) is 12.8 Å². The third-order valence-corrected chi connectivity index (χ3v) is 2.40. The monoisotopic (exact) mass is 202 g/mol. The first-order valence-electron chi connectivity index (χ1n) is 5.96. The first-order chi connectivity index (χ1) is 6.66. The van der Waals surface area contributed by atoms with Crippen molar-refractivity contribution in [2.45, 2.75) is 71.5 Å². The molecule has 0 saturated carbocycles. The molecule has 0 aliphatic carbocycles. The molecule has 0 amide bonds. The maximum atomic E-state index is 9.03. The van der Waals surface area contributed by atoms with E-state index in [4.69, 9.17) is 9.84 Å². The van der Waals surface area contributed by atoms with Gasteiger partial charge in [-0.2, -0.15) is 0 Å². The lowest BCUT2D eigenvalue weighted by molar-refractivity contribution is 0.0360. The number of hydrogen-bond acceptors (Lipinski definition) is 2. The van der Waals surface area contributed by atoms with Gasteiger partial charge >= 0.3 is 0 Å². The summed E-state index contributed by atoms with van der Waals surface area (Å²) < 4.78 is 5.57. The van der Waals surface area contributed by atoms with Crippen LogP contribution in [0.1, 0.15) is 59.3 Å². The minimum Gasteiger partial charge on any atom is -0.393 e. The average molecular weight is 202 g/mol. The Morgan fingerprint density at radius 1 is 1.07 bits per heavy atom. The molecule has 0 aromatic carbocycles. The smallest absolute Gasteiger partial charge is 0.0547 e. The third-order valence-electron chi connectivity index (χ3n) is 2.40. The summed E-state index contributed by atoms with van der Waals surface area (Å²) in [7, 11) is 0. The molecule has 2 atom stereocenters. The number of ether oxygens (including phenoxy) is 1. The summed E-state index contributed by atoms with van der Waals surface area (Å²) in [4.78, 5) is 0. The molecule has 0 bridgehead atoms. The normalized spacial score (nSPS) is 15.4. The minimum absolute atomic E-state index is 0.234. The van der Waals surface area contributed by atoms with Gasteiger partial charge in [-0.1, -0.05) is 32.6 Å². The summed E-state index contributed by atoms with van der Waals surface area (Å²) >= 11 is 0. The first-order valence-corrected chi connectivity index (χ1v) is 5.96. The molecule has 1 N–H and O–H groups in total. The highest BCUT2D eigenvalue weighted by Crippen LogP contribution is 2.08. The van der Waals surface area contributed by atoms with Gasteiger partial charge in [-0.05, 0) is 26.7 Å². The van der Waals surface area contributed by atoms with E-state index in [1.165, 1.54) is 25.7 Å². The molecular weight excluding hydrogens is 176 g/mol. The second-order valence-electron chi connectivity index (χ2n) is 4.17. The zero-order valence-corrected chi connectivity index (χ0v) is 9.96. The minimum atomic E-state index is -0.234. The Labute approximate surface area is 88.7 Å². The zero-order valence-electron chi connectivity index (χ0n) is 9.96. The van der Waals surface area contributed by atoms with Crippen molar-refractivity contribution < 1.29 is 9.84 Å². The zero-order chi connectivity index (χ0) is 10.8. The molecule has 0 spiro atoms. The van der Waals surface area contributed by atoms with Crippen LogP contribution < -0.4 is 0 Å². The molecule has 2 nitrogen and oxygen atoms in total. The maximum absolute atomic E-state index is 9.03. The Balaban J connectivity index is 3.15. The van der Waals surface area contributed by atoms with E-state index in [-0.39, 0.29) is 6.10 Å². The van der Waals surface area contributed by atoms with Gasteiger partial charge in [0.1, 0.15) is 0 Å². The van der Waals surface area contributed by atoms with Crippen LogP contribution in [0.4, 0.5) is 0 Å². The number of aliphatic hydroxyl groups excluding tert-OH is 1. The van der Waals surface area contributed by atoms with Gasteiger partial charge in [0.25, 0.3) is 0 Å². The summed E-state index contributed by atoms with van der Waals surface area (Å²) in [5.74, 6) is 0. The van der Waals surface area contributed by atoms with Crippen molar-refractivity contribution in [1.29, 1.82) is 0 Å².